The number of urea groups is 1. The minimum atomic E-state index is -0.449. The first-order chi connectivity index (χ1) is 5.52. The van der Waals surface area contributed by atoms with Crippen LogP contribution in [0.5, 0.6) is 0 Å². The third-order valence-electron chi connectivity index (χ3n) is 1.91. The molecule has 0 aromatic rings. The minimum Gasteiger partial charge on any atom is -0.349 e. The summed E-state index contributed by atoms with van der Waals surface area (Å²) in [4.78, 5) is 11.2. The molecule has 2 amide bonds. The number of carbonyl (C=O) groups excluding carboxylic acids is 1. The van der Waals surface area contributed by atoms with Crippen LogP contribution < -0.4 is 10.6 Å². The van der Waals surface area contributed by atoms with Crippen LogP contribution in [0.15, 0.2) is 0 Å². The van der Waals surface area contributed by atoms with Crippen molar-refractivity contribution in [2.24, 2.45) is 0 Å². The van der Waals surface area contributed by atoms with E-state index in [0.717, 1.165) is 0 Å². The summed E-state index contributed by atoms with van der Waals surface area (Å²) in [5, 5.41) is 5.35. The number of rotatable bonds is 2. The molecule has 5 nitrogen and oxygen atoms in total. The highest BCUT2D eigenvalue weighted by Crippen LogP contribution is 2.24. The van der Waals surface area contributed by atoms with Gasteiger partial charge in [-0.15, -0.1) is 0 Å². The molecule has 0 bridgehead atoms. The number of amides is 2. The lowest BCUT2D eigenvalue weighted by atomic mass is 10.4. The fourth-order valence-electron chi connectivity index (χ4n) is 0.872. The zero-order chi connectivity index (χ0) is 8.82. The van der Waals surface area contributed by atoms with Crippen LogP contribution in [0.1, 0.15) is 13.8 Å². The molecular formula is C7H12N2O3. The van der Waals surface area contributed by atoms with Crippen LogP contribution in [0.3, 0.4) is 0 Å². The Morgan fingerprint density at radius 1 is 1.17 bits per heavy atom. The van der Waals surface area contributed by atoms with Gasteiger partial charge in [0.25, 0.3) is 0 Å². The van der Waals surface area contributed by atoms with Crippen LogP contribution in [-0.4, -0.2) is 30.7 Å². The highest BCUT2D eigenvalue weighted by molar-refractivity contribution is 5.75. The van der Waals surface area contributed by atoms with E-state index in [4.69, 9.17) is 9.47 Å². The summed E-state index contributed by atoms with van der Waals surface area (Å²) >= 11 is 0. The molecule has 2 aliphatic heterocycles. The van der Waals surface area contributed by atoms with Crippen molar-refractivity contribution in [3.63, 3.8) is 0 Å². The molecule has 68 valence electrons. The van der Waals surface area contributed by atoms with Crippen molar-refractivity contribution >= 4 is 6.03 Å². The highest BCUT2D eigenvalue weighted by atomic mass is 16.6. The third kappa shape index (κ3) is 1.67. The minimum absolute atomic E-state index is 0.241. The Bertz CT molecular complexity index is 199. The van der Waals surface area contributed by atoms with Gasteiger partial charge in [0.2, 0.25) is 0 Å². The number of nitrogens with one attached hydrogen (secondary N) is 2. The smallest absolute Gasteiger partial charge is 0.319 e. The molecule has 0 aromatic heterocycles. The van der Waals surface area contributed by atoms with Crippen LogP contribution >= 0.6 is 0 Å². The summed E-state index contributed by atoms with van der Waals surface area (Å²) < 4.78 is 9.98. The molecule has 2 heterocycles. The Morgan fingerprint density at radius 3 is 1.75 bits per heavy atom. The first-order valence-corrected chi connectivity index (χ1v) is 3.90. The molecule has 0 aromatic carbocycles. The molecule has 5 heteroatoms. The van der Waals surface area contributed by atoms with Gasteiger partial charge in [-0.1, -0.05) is 0 Å². The van der Waals surface area contributed by atoms with E-state index in [1.807, 2.05) is 13.8 Å². The van der Waals surface area contributed by atoms with Crippen molar-refractivity contribution in [3.8, 4) is 0 Å². The number of epoxide rings is 2. The largest absolute Gasteiger partial charge is 0.349 e. The topological polar surface area (TPSA) is 66.2 Å². The molecule has 0 radical (unpaired) electrons. The van der Waals surface area contributed by atoms with Gasteiger partial charge in [0.15, 0.2) is 11.4 Å². The molecule has 2 unspecified atom stereocenters. The maximum Gasteiger partial charge on any atom is 0.319 e. The van der Waals surface area contributed by atoms with Crippen molar-refractivity contribution in [1.29, 1.82) is 0 Å². The standard InChI is InChI=1S/C7H12N2O3/c1-6(3-11-6)8-5(10)9-7(2)4-12-7/h3-4H2,1-2H3,(H2,8,9,10). The molecule has 2 N–H and O–H groups in total. The second kappa shape index (κ2) is 2.11. The average molecular weight is 172 g/mol. The normalized spacial score (nSPS) is 43.5. The summed E-state index contributed by atoms with van der Waals surface area (Å²) in [6.45, 7) is 4.81. The van der Waals surface area contributed by atoms with Crippen molar-refractivity contribution in [3.05, 3.63) is 0 Å². The number of carbonyl (C=O) groups is 1. The summed E-state index contributed by atoms with van der Waals surface area (Å²) in [5.74, 6) is 0. The molecule has 2 rings (SSSR count). The molecule has 2 aliphatic rings. The van der Waals surface area contributed by atoms with E-state index >= 15 is 0 Å². The maximum atomic E-state index is 11.2. The molecular weight excluding hydrogens is 160 g/mol. The summed E-state index contributed by atoms with van der Waals surface area (Å²) in [5.41, 5.74) is -0.898. The third-order valence-corrected chi connectivity index (χ3v) is 1.91. The van der Waals surface area contributed by atoms with E-state index in [-0.39, 0.29) is 6.03 Å². The van der Waals surface area contributed by atoms with Crippen molar-refractivity contribution < 1.29 is 14.3 Å². The second-order valence-corrected chi connectivity index (χ2v) is 3.62. The fraction of sp³-hybridized carbons (Fsp3) is 0.857. The fourth-order valence-corrected chi connectivity index (χ4v) is 0.872. The molecule has 12 heavy (non-hydrogen) atoms. The van der Waals surface area contributed by atoms with E-state index in [1.54, 1.807) is 0 Å². The van der Waals surface area contributed by atoms with Gasteiger partial charge in [-0.2, -0.15) is 0 Å². The Labute approximate surface area is 70.4 Å². The van der Waals surface area contributed by atoms with Crippen LogP contribution in [0.4, 0.5) is 4.79 Å². The Hall–Kier alpha value is -0.810. The van der Waals surface area contributed by atoms with E-state index < -0.39 is 11.4 Å². The molecule has 2 fully saturated rings. The van der Waals surface area contributed by atoms with Gasteiger partial charge >= 0.3 is 6.03 Å². The molecule has 0 aliphatic carbocycles. The Morgan fingerprint density at radius 2 is 1.50 bits per heavy atom. The maximum absolute atomic E-state index is 11.2. The van der Waals surface area contributed by atoms with Gasteiger partial charge in [0.05, 0.1) is 13.2 Å². The van der Waals surface area contributed by atoms with Crippen molar-refractivity contribution in [2.45, 2.75) is 25.3 Å². The SMILES string of the molecule is CC1(NC(=O)NC2(C)CO2)CO1. The van der Waals surface area contributed by atoms with Gasteiger partial charge in [0.1, 0.15) is 0 Å². The van der Waals surface area contributed by atoms with E-state index in [0.29, 0.717) is 13.2 Å². The second-order valence-electron chi connectivity index (χ2n) is 3.62. The van der Waals surface area contributed by atoms with E-state index in [9.17, 15) is 4.79 Å². The van der Waals surface area contributed by atoms with Crippen molar-refractivity contribution in [1.82, 2.24) is 10.6 Å². The molecule has 0 spiro atoms. The molecule has 2 atom stereocenters. The monoisotopic (exact) mass is 172 g/mol. The van der Waals surface area contributed by atoms with Gasteiger partial charge < -0.3 is 20.1 Å². The lowest BCUT2D eigenvalue weighted by Gasteiger charge is -2.12. The predicted octanol–water partition coefficient (Wildman–Crippen LogP) is -0.222. The number of hydrogen-bond acceptors (Lipinski definition) is 3. The molecule has 0 saturated carbocycles. The van der Waals surface area contributed by atoms with Gasteiger partial charge in [-0.05, 0) is 13.8 Å². The molecule has 2 saturated heterocycles. The Balaban J connectivity index is 1.77. The van der Waals surface area contributed by atoms with Gasteiger partial charge in [0, 0.05) is 0 Å². The summed E-state index contributed by atoms with van der Waals surface area (Å²) in [6, 6.07) is -0.241. The van der Waals surface area contributed by atoms with E-state index in [1.165, 1.54) is 0 Å². The van der Waals surface area contributed by atoms with Gasteiger partial charge in [-0.25, -0.2) is 4.79 Å². The van der Waals surface area contributed by atoms with Crippen LogP contribution in [0.2, 0.25) is 0 Å². The lowest BCUT2D eigenvalue weighted by molar-refractivity contribution is 0.202. The Kier molecular flexibility index (Phi) is 1.38. The zero-order valence-electron chi connectivity index (χ0n) is 7.14. The van der Waals surface area contributed by atoms with Crippen LogP contribution in [0, 0.1) is 0 Å². The van der Waals surface area contributed by atoms with Crippen molar-refractivity contribution in [2.75, 3.05) is 13.2 Å². The lowest BCUT2D eigenvalue weighted by Crippen LogP contribution is -2.47. The average Bonchev–Trinajstić information content (AvgIpc) is 2.76. The summed E-state index contributed by atoms with van der Waals surface area (Å²) in [7, 11) is 0. The van der Waals surface area contributed by atoms with Crippen LogP contribution in [0.25, 0.3) is 0 Å². The highest BCUT2D eigenvalue weighted by Gasteiger charge is 2.45. The predicted molar refractivity (Wildman–Crippen MR) is 40.4 cm³/mol. The summed E-state index contributed by atoms with van der Waals surface area (Å²) in [6.07, 6.45) is 0. The quantitative estimate of drug-likeness (QED) is 0.566. The first-order valence-electron chi connectivity index (χ1n) is 3.90. The number of ether oxygens (including phenoxy) is 2. The van der Waals surface area contributed by atoms with Gasteiger partial charge in [-0.3, -0.25) is 0 Å². The first kappa shape index (κ1) is 7.82. The van der Waals surface area contributed by atoms with E-state index in [2.05, 4.69) is 10.6 Å². The number of hydrogen-bond donors (Lipinski definition) is 2. The van der Waals surface area contributed by atoms with Crippen LogP contribution in [-0.2, 0) is 9.47 Å². The zero-order valence-corrected chi connectivity index (χ0v) is 7.14.